The average Bonchev–Trinajstić information content (AvgIpc) is 2.48. The standard InChI is InChI=1S/C10H11NS/c1-7-6-11-10-8(7)4-3-5-9(10)12-2/h3-6,11H,1-2H3. The van der Waals surface area contributed by atoms with Gasteiger partial charge in [-0.3, -0.25) is 0 Å². The van der Waals surface area contributed by atoms with Gasteiger partial charge >= 0.3 is 0 Å². The number of aromatic nitrogens is 1. The summed E-state index contributed by atoms with van der Waals surface area (Å²) in [6, 6.07) is 6.40. The minimum Gasteiger partial charge on any atom is -0.360 e. The van der Waals surface area contributed by atoms with Crippen LogP contribution in [0, 0.1) is 6.92 Å². The Morgan fingerprint density at radius 2 is 2.17 bits per heavy atom. The van der Waals surface area contributed by atoms with Crippen molar-refractivity contribution in [2.24, 2.45) is 0 Å². The lowest BCUT2D eigenvalue weighted by molar-refractivity contribution is 1.39. The predicted octanol–water partition coefficient (Wildman–Crippen LogP) is 3.20. The molecule has 0 bridgehead atoms. The molecule has 0 aliphatic carbocycles. The molecule has 1 nitrogen and oxygen atoms in total. The fraction of sp³-hybridized carbons (Fsp3) is 0.200. The maximum absolute atomic E-state index is 3.29. The Labute approximate surface area is 76.2 Å². The number of hydrogen-bond donors (Lipinski definition) is 1. The Balaban J connectivity index is 2.81. The summed E-state index contributed by atoms with van der Waals surface area (Å²) in [4.78, 5) is 4.61. The Hall–Kier alpha value is -0.890. The predicted molar refractivity (Wildman–Crippen MR) is 54.8 cm³/mol. The van der Waals surface area contributed by atoms with E-state index in [2.05, 4.69) is 42.6 Å². The number of benzene rings is 1. The van der Waals surface area contributed by atoms with Gasteiger partial charge in [-0.05, 0) is 24.8 Å². The molecule has 2 heteroatoms. The highest BCUT2D eigenvalue weighted by molar-refractivity contribution is 7.98. The van der Waals surface area contributed by atoms with Crippen molar-refractivity contribution in [3.05, 3.63) is 30.0 Å². The molecule has 0 atom stereocenters. The summed E-state index contributed by atoms with van der Waals surface area (Å²) in [6.07, 6.45) is 4.16. The Bertz CT molecular complexity index is 403. The van der Waals surface area contributed by atoms with Gasteiger partial charge in [-0.15, -0.1) is 11.8 Å². The first kappa shape index (κ1) is 7.74. The summed E-state index contributed by atoms with van der Waals surface area (Å²) in [5, 5.41) is 1.34. The van der Waals surface area contributed by atoms with Crippen LogP contribution in [0.2, 0.25) is 0 Å². The van der Waals surface area contributed by atoms with Gasteiger partial charge in [0.25, 0.3) is 0 Å². The molecule has 12 heavy (non-hydrogen) atoms. The van der Waals surface area contributed by atoms with Gasteiger partial charge in [0, 0.05) is 16.5 Å². The molecule has 0 spiro atoms. The molecule has 1 heterocycles. The third-order valence-corrected chi connectivity index (χ3v) is 2.88. The number of rotatable bonds is 1. The van der Waals surface area contributed by atoms with Gasteiger partial charge in [0.1, 0.15) is 0 Å². The van der Waals surface area contributed by atoms with E-state index in [-0.39, 0.29) is 0 Å². The second kappa shape index (κ2) is 2.87. The fourth-order valence-corrected chi connectivity index (χ4v) is 2.02. The minimum atomic E-state index is 1.27. The maximum atomic E-state index is 3.29. The highest BCUT2D eigenvalue weighted by atomic mass is 32.2. The second-order valence-electron chi connectivity index (χ2n) is 2.85. The van der Waals surface area contributed by atoms with Gasteiger partial charge in [0.2, 0.25) is 0 Å². The van der Waals surface area contributed by atoms with Crippen LogP contribution in [-0.4, -0.2) is 11.2 Å². The van der Waals surface area contributed by atoms with Gasteiger partial charge in [-0.1, -0.05) is 12.1 Å². The van der Waals surface area contributed by atoms with Gasteiger partial charge in [0.05, 0.1) is 5.52 Å². The summed E-state index contributed by atoms with van der Waals surface area (Å²) in [6.45, 7) is 2.13. The quantitative estimate of drug-likeness (QED) is 0.661. The van der Waals surface area contributed by atoms with Crippen molar-refractivity contribution < 1.29 is 0 Å². The van der Waals surface area contributed by atoms with Crippen LogP contribution in [0.15, 0.2) is 29.3 Å². The van der Waals surface area contributed by atoms with Gasteiger partial charge < -0.3 is 4.98 Å². The van der Waals surface area contributed by atoms with E-state index >= 15 is 0 Å². The fourth-order valence-electron chi connectivity index (χ4n) is 1.44. The van der Waals surface area contributed by atoms with Crippen LogP contribution in [0.3, 0.4) is 0 Å². The highest BCUT2D eigenvalue weighted by Crippen LogP contribution is 2.26. The summed E-state index contributed by atoms with van der Waals surface area (Å²) in [5.41, 5.74) is 2.59. The summed E-state index contributed by atoms with van der Waals surface area (Å²) >= 11 is 1.78. The van der Waals surface area contributed by atoms with E-state index < -0.39 is 0 Å². The van der Waals surface area contributed by atoms with Crippen molar-refractivity contribution in [2.75, 3.05) is 6.26 Å². The normalized spacial score (nSPS) is 10.8. The molecule has 0 amide bonds. The first-order valence-corrected chi connectivity index (χ1v) is 5.16. The lowest BCUT2D eigenvalue weighted by atomic mass is 10.2. The molecule has 1 aromatic carbocycles. The summed E-state index contributed by atoms with van der Waals surface area (Å²) in [5.74, 6) is 0. The van der Waals surface area contributed by atoms with E-state index in [0.717, 1.165) is 0 Å². The zero-order valence-corrected chi connectivity index (χ0v) is 8.03. The highest BCUT2D eigenvalue weighted by Gasteiger charge is 2.02. The molecule has 0 saturated heterocycles. The summed E-state index contributed by atoms with van der Waals surface area (Å²) in [7, 11) is 0. The minimum absolute atomic E-state index is 1.27. The Morgan fingerprint density at radius 3 is 2.92 bits per heavy atom. The van der Waals surface area contributed by atoms with Crippen molar-refractivity contribution >= 4 is 22.7 Å². The Morgan fingerprint density at radius 1 is 1.33 bits per heavy atom. The number of H-pyrrole nitrogens is 1. The van der Waals surface area contributed by atoms with E-state index in [4.69, 9.17) is 0 Å². The van der Waals surface area contributed by atoms with Crippen LogP contribution in [-0.2, 0) is 0 Å². The van der Waals surface area contributed by atoms with Gasteiger partial charge in [-0.2, -0.15) is 0 Å². The smallest absolute Gasteiger partial charge is 0.0594 e. The largest absolute Gasteiger partial charge is 0.360 e. The lowest BCUT2D eigenvalue weighted by Gasteiger charge is -1.97. The molecular weight excluding hydrogens is 166 g/mol. The molecule has 0 radical (unpaired) electrons. The molecule has 0 unspecified atom stereocenters. The number of aryl methyl sites for hydroxylation is 1. The van der Waals surface area contributed by atoms with E-state index in [0.29, 0.717) is 0 Å². The van der Waals surface area contributed by atoms with Crippen LogP contribution in [0.4, 0.5) is 0 Å². The van der Waals surface area contributed by atoms with Crippen LogP contribution in [0.25, 0.3) is 10.9 Å². The van der Waals surface area contributed by atoms with Crippen molar-refractivity contribution in [1.82, 2.24) is 4.98 Å². The molecule has 62 valence electrons. The first-order valence-electron chi connectivity index (χ1n) is 3.93. The third-order valence-electron chi connectivity index (χ3n) is 2.10. The number of nitrogens with one attached hydrogen (secondary N) is 1. The number of aromatic amines is 1. The van der Waals surface area contributed by atoms with Crippen LogP contribution >= 0.6 is 11.8 Å². The number of para-hydroxylation sites is 1. The van der Waals surface area contributed by atoms with E-state index in [1.54, 1.807) is 11.8 Å². The zero-order chi connectivity index (χ0) is 8.55. The number of fused-ring (bicyclic) bond motifs is 1. The second-order valence-corrected chi connectivity index (χ2v) is 3.70. The van der Waals surface area contributed by atoms with E-state index in [1.165, 1.54) is 21.4 Å². The molecule has 1 aromatic heterocycles. The van der Waals surface area contributed by atoms with E-state index in [1.807, 2.05) is 0 Å². The molecule has 0 aliphatic rings. The van der Waals surface area contributed by atoms with Crippen molar-refractivity contribution in [1.29, 1.82) is 0 Å². The maximum Gasteiger partial charge on any atom is 0.0594 e. The molecule has 2 rings (SSSR count). The first-order chi connectivity index (χ1) is 5.83. The number of thioether (sulfide) groups is 1. The van der Waals surface area contributed by atoms with Gasteiger partial charge in [-0.25, -0.2) is 0 Å². The molecular formula is C10H11NS. The van der Waals surface area contributed by atoms with E-state index in [9.17, 15) is 0 Å². The Kier molecular flexibility index (Phi) is 1.85. The van der Waals surface area contributed by atoms with Gasteiger partial charge in [0.15, 0.2) is 0 Å². The zero-order valence-electron chi connectivity index (χ0n) is 7.22. The molecule has 0 aliphatic heterocycles. The van der Waals surface area contributed by atoms with Crippen molar-refractivity contribution in [2.45, 2.75) is 11.8 Å². The number of hydrogen-bond acceptors (Lipinski definition) is 1. The SMILES string of the molecule is CSc1cccc2c(C)c[nH]c12. The van der Waals surface area contributed by atoms with Crippen LogP contribution in [0.1, 0.15) is 5.56 Å². The van der Waals surface area contributed by atoms with Crippen molar-refractivity contribution in [3.8, 4) is 0 Å². The lowest BCUT2D eigenvalue weighted by Crippen LogP contribution is -1.73. The molecule has 0 fully saturated rings. The third kappa shape index (κ3) is 1.03. The molecule has 2 aromatic rings. The topological polar surface area (TPSA) is 15.8 Å². The summed E-state index contributed by atoms with van der Waals surface area (Å²) < 4.78 is 0. The average molecular weight is 177 g/mol. The molecule has 1 N–H and O–H groups in total. The van der Waals surface area contributed by atoms with Crippen LogP contribution in [0.5, 0.6) is 0 Å². The van der Waals surface area contributed by atoms with Crippen LogP contribution < -0.4 is 0 Å². The van der Waals surface area contributed by atoms with Crippen molar-refractivity contribution in [3.63, 3.8) is 0 Å². The molecule has 0 saturated carbocycles. The monoisotopic (exact) mass is 177 g/mol.